The Labute approximate surface area is 110 Å². The van der Waals surface area contributed by atoms with Gasteiger partial charge in [0.1, 0.15) is 11.6 Å². The lowest BCUT2D eigenvalue weighted by atomic mass is 10.2. The van der Waals surface area contributed by atoms with Gasteiger partial charge in [-0.05, 0) is 31.5 Å². The molecule has 0 saturated carbocycles. The van der Waals surface area contributed by atoms with E-state index in [1.807, 2.05) is 6.92 Å². The van der Waals surface area contributed by atoms with E-state index in [2.05, 4.69) is 5.16 Å². The van der Waals surface area contributed by atoms with Gasteiger partial charge in [-0.25, -0.2) is 4.39 Å². The highest BCUT2D eigenvalue weighted by molar-refractivity contribution is 5.92. The summed E-state index contributed by atoms with van der Waals surface area (Å²) in [5.74, 6) is 0.0621. The van der Waals surface area contributed by atoms with E-state index in [0.717, 1.165) is 5.56 Å². The summed E-state index contributed by atoms with van der Waals surface area (Å²) in [5, 5.41) is 3.70. The van der Waals surface area contributed by atoms with Gasteiger partial charge in [0.25, 0.3) is 5.91 Å². The Morgan fingerprint density at radius 3 is 2.79 bits per heavy atom. The van der Waals surface area contributed by atoms with E-state index in [4.69, 9.17) is 4.52 Å². The van der Waals surface area contributed by atoms with Gasteiger partial charge in [-0.2, -0.15) is 0 Å². The minimum absolute atomic E-state index is 0.219. The highest BCUT2D eigenvalue weighted by atomic mass is 19.1. The van der Waals surface area contributed by atoms with Crippen molar-refractivity contribution >= 4 is 5.91 Å². The first-order chi connectivity index (χ1) is 9.10. The number of carbonyl (C=O) groups is 1. The molecule has 2 rings (SSSR count). The van der Waals surface area contributed by atoms with Crippen molar-refractivity contribution in [1.82, 2.24) is 10.1 Å². The predicted octanol–water partition coefficient (Wildman–Crippen LogP) is 2.78. The molecule has 4 nitrogen and oxygen atoms in total. The highest BCUT2D eigenvalue weighted by Crippen LogP contribution is 2.11. The quantitative estimate of drug-likeness (QED) is 0.851. The zero-order chi connectivity index (χ0) is 13.8. The minimum atomic E-state index is -0.307. The number of halogens is 1. The van der Waals surface area contributed by atoms with E-state index in [9.17, 15) is 9.18 Å². The van der Waals surface area contributed by atoms with E-state index >= 15 is 0 Å². The molecule has 0 radical (unpaired) electrons. The number of aromatic nitrogens is 1. The summed E-state index contributed by atoms with van der Waals surface area (Å²) in [6.45, 7) is 4.46. The van der Waals surface area contributed by atoms with Gasteiger partial charge in [-0.15, -0.1) is 0 Å². The summed E-state index contributed by atoms with van der Waals surface area (Å²) in [6, 6.07) is 7.81. The molecule has 1 heterocycles. The van der Waals surface area contributed by atoms with Crippen LogP contribution in [0.5, 0.6) is 0 Å². The SMILES string of the molecule is CCN(Cc1cccc(F)c1)C(=O)c1cc(C)on1. The first-order valence-electron chi connectivity index (χ1n) is 6.07. The first kappa shape index (κ1) is 13.3. The van der Waals surface area contributed by atoms with Crippen LogP contribution in [0.3, 0.4) is 0 Å². The largest absolute Gasteiger partial charge is 0.361 e. The standard InChI is InChI=1S/C14H15FN2O2/c1-3-17(9-11-5-4-6-12(15)8-11)14(18)13-7-10(2)19-16-13/h4-8H,3,9H2,1-2H3. The molecule has 0 spiro atoms. The van der Waals surface area contributed by atoms with Crippen molar-refractivity contribution in [2.24, 2.45) is 0 Å². The number of nitrogens with zero attached hydrogens (tertiary/aromatic N) is 2. The van der Waals surface area contributed by atoms with Gasteiger partial charge in [0, 0.05) is 19.2 Å². The summed E-state index contributed by atoms with van der Waals surface area (Å²) >= 11 is 0. The summed E-state index contributed by atoms with van der Waals surface area (Å²) in [4.78, 5) is 13.8. The summed E-state index contributed by atoms with van der Waals surface area (Å²) in [6.07, 6.45) is 0. The Morgan fingerprint density at radius 2 is 2.21 bits per heavy atom. The first-order valence-corrected chi connectivity index (χ1v) is 6.07. The van der Waals surface area contributed by atoms with Crippen LogP contribution in [0.15, 0.2) is 34.9 Å². The Balaban J connectivity index is 2.14. The molecule has 0 aliphatic rings. The third-order valence-corrected chi connectivity index (χ3v) is 2.78. The number of benzene rings is 1. The van der Waals surface area contributed by atoms with Crippen LogP contribution < -0.4 is 0 Å². The average Bonchev–Trinajstić information content (AvgIpc) is 2.82. The Morgan fingerprint density at radius 1 is 1.42 bits per heavy atom. The van der Waals surface area contributed by atoms with E-state index in [0.29, 0.717) is 18.8 Å². The van der Waals surface area contributed by atoms with Gasteiger partial charge >= 0.3 is 0 Å². The molecule has 1 amide bonds. The molecule has 0 aliphatic carbocycles. The normalized spacial score (nSPS) is 10.5. The van der Waals surface area contributed by atoms with Crippen molar-refractivity contribution in [2.45, 2.75) is 20.4 Å². The number of carbonyl (C=O) groups excluding carboxylic acids is 1. The Hall–Kier alpha value is -2.17. The zero-order valence-corrected chi connectivity index (χ0v) is 10.9. The Kier molecular flexibility index (Phi) is 3.94. The van der Waals surface area contributed by atoms with E-state index in [-0.39, 0.29) is 17.4 Å². The topological polar surface area (TPSA) is 46.3 Å². The molecule has 1 aromatic heterocycles. The van der Waals surface area contributed by atoms with Gasteiger partial charge in [-0.3, -0.25) is 4.79 Å². The monoisotopic (exact) mass is 262 g/mol. The van der Waals surface area contributed by atoms with Crippen LogP contribution in [-0.4, -0.2) is 22.5 Å². The molecule has 0 atom stereocenters. The highest BCUT2D eigenvalue weighted by Gasteiger charge is 2.18. The predicted molar refractivity (Wildman–Crippen MR) is 68.1 cm³/mol. The molecule has 0 N–H and O–H groups in total. The van der Waals surface area contributed by atoms with Crippen molar-refractivity contribution < 1.29 is 13.7 Å². The van der Waals surface area contributed by atoms with Gasteiger partial charge < -0.3 is 9.42 Å². The smallest absolute Gasteiger partial charge is 0.276 e. The molecule has 100 valence electrons. The third kappa shape index (κ3) is 3.19. The van der Waals surface area contributed by atoms with Crippen molar-refractivity contribution in [3.63, 3.8) is 0 Å². The van der Waals surface area contributed by atoms with Crippen LogP contribution >= 0.6 is 0 Å². The number of hydrogen-bond acceptors (Lipinski definition) is 3. The van der Waals surface area contributed by atoms with E-state index < -0.39 is 0 Å². The maximum Gasteiger partial charge on any atom is 0.276 e. The third-order valence-electron chi connectivity index (χ3n) is 2.78. The van der Waals surface area contributed by atoms with Gasteiger partial charge in [-0.1, -0.05) is 17.3 Å². The van der Waals surface area contributed by atoms with Gasteiger partial charge in [0.05, 0.1) is 0 Å². The number of aryl methyl sites for hydroxylation is 1. The fourth-order valence-corrected chi connectivity index (χ4v) is 1.81. The average molecular weight is 262 g/mol. The molecule has 0 bridgehead atoms. The number of hydrogen-bond donors (Lipinski definition) is 0. The second-order valence-corrected chi connectivity index (χ2v) is 4.27. The van der Waals surface area contributed by atoms with Crippen molar-refractivity contribution in [3.8, 4) is 0 Å². The Bertz CT molecular complexity index is 580. The van der Waals surface area contributed by atoms with Crippen LogP contribution in [-0.2, 0) is 6.54 Å². The summed E-state index contributed by atoms with van der Waals surface area (Å²) in [7, 11) is 0. The van der Waals surface area contributed by atoms with Crippen molar-refractivity contribution in [1.29, 1.82) is 0 Å². The van der Waals surface area contributed by atoms with Crippen molar-refractivity contribution in [2.75, 3.05) is 6.54 Å². The number of rotatable bonds is 4. The van der Waals surface area contributed by atoms with Crippen molar-refractivity contribution in [3.05, 3.63) is 53.2 Å². The van der Waals surface area contributed by atoms with Crippen LogP contribution in [0.4, 0.5) is 4.39 Å². The molecule has 19 heavy (non-hydrogen) atoms. The lowest BCUT2D eigenvalue weighted by molar-refractivity contribution is 0.0742. The van der Waals surface area contributed by atoms with E-state index in [1.165, 1.54) is 12.1 Å². The summed E-state index contributed by atoms with van der Waals surface area (Å²) < 4.78 is 18.0. The maximum absolute atomic E-state index is 13.1. The molecule has 2 aromatic rings. The fraction of sp³-hybridized carbons (Fsp3) is 0.286. The molecule has 5 heteroatoms. The lowest BCUT2D eigenvalue weighted by Crippen LogP contribution is -2.30. The van der Waals surface area contributed by atoms with E-state index in [1.54, 1.807) is 30.0 Å². The second kappa shape index (κ2) is 5.65. The molecular formula is C14H15FN2O2. The van der Waals surface area contributed by atoms with Gasteiger partial charge in [0.15, 0.2) is 5.69 Å². The van der Waals surface area contributed by atoms with Gasteiger partial charge in [0.2, 0.25) is 0 Å². The molecule has 0 aliphatic heterocycles. The second-order valence-electron chi connectivity index (χ2n) is 4.27. The minimum Gasteiger partial charge on any atom is -0.361 e. The lowest BCUT2D eigenvalue weighted by Gasteiger charge is -2.19. The maximum atomic E-state index is 13.1. The van der Waals surface area contributed by atoms with Crippen LogP contribution in [0.25, 0.3) is 0 Å². The van der Waals surface area contributed by atoms with Crippen LogP contribution in [0.1, 0.15) is 28.7 Å². The molecule has 0 saturated heterocycles. The molecule has 0 fully saturated rings. The molecular weight excluding hydrogens is 247 g/mol. The van der Waals surface area contributed by atoms with Crippen LogP contribution in [0, 0.1) is 12.7 Å². The zero-order valence-electron chi connectivity index (χ0n) is 10.9. The number of amides is 1. The molecule has 0 unspecified atom stereocenters. The van der Waals surface area contributed by atoms with Crippen LogP contribution in [0.2, 0.25) is 0 Å². The molecule has 1 aromatic carbocycles. The summed E-state index contributed by atoms with van der Waals surface area (Å²) in [5.41, 5.74) is 1.02. The fourth-order valence-electron chi connectivity index (χ4n) is 1.81.